The maximum Gasteiger partial charge on any atom is 0.0498 e. The van der Waals surface area contributed by atoms with Crippen molar-refractivity contribution in [1.82, 2.24) is 9.88 Å². The maximum absolute atomic E-state index is 11.9. The quantitative estimate of drug-likeness (QED) is 0.933. The van der Waals surface area contributed by atoms with Gasteiger partial charge in [0, 0.05) is 48.7 Å². The minimum absolute atomic E-state index is 0.0276. The Labute approximate surface area is 139 Å². The molecule has 1 unspecified atom stereocenters. The van der Waals surface area contributed by atoms with Crippen molar-refractivity contribution in [3.8, 4) is 0 Å². The number of rotatable bonds is 4. The van der Waals surface area contributed by atoms with E-state index in [1.54, 1.807) is 11.2 Å². The highest BCUT2D eigenvalue weighted by molar-refractivity contribution is 7.84. The van der Waals surface area contributed by atoms with E-state index in [4.69, 9.17) is 4.11 Å². The molecule has 120 valence electrons. The molecule has 1 fully saturated rings. The second kappa shape index (κ2) is 6.17. The first kappa shape index (κ1) is 12.3. The Balaban J connectivity index is 2.05. The molecule has 0 bridgehead atoms. The molecule has 2 heterocycles. The summed E-state index contributed by atoms with van der Waals surface area (Å²) in [7, 11) is -1.03. The third kappa shape index (κ3) is 2.86. The third-order valence-electron chi connectivity index (χ3n) is 4.64. The Morgan fingerprint density at radius 2 is 2.32 bits per heavy atom. The van der Waals surface area contributed by atoms with E-state index in [9.17, 15) is 4.21 Å². The molecule has 0 saturated carbocycles. The Kier molecular flexibility index (Phi) is 3.45. The number of benzene rings is 1. The van der Waals surface area contributed by atoms with E-state index in [1.165, 1.54) is 5.56 Å². The number of likely N-dealkylation sites (tertiary alicyclic amines) is 1. The van der Waals surface area contributed by atoms with Crippen LogP contribution in [-0.2, 0) is 17.2 Å². The van der Waals surface area contributed by atoms with E-state index >= 15 is 0 Å². The van der Waals surface area contributed by atoms with Gasteiger partial charge in [-0.2, -0.15) is 0 Å². The molecule has 4 heteroatoms. The highest BCUT2D eigenvalue weighted by atomic mass is 32.2. The molecule has 3 rings (SSSR count). The largest absolute Gasteiger partial charge is 0.358 e. The van der Waals surface area contributed by atoms with Crippen LogP contribution in [0.5, 0.6) is 0 Å². The predicted molar refractivity (Wildman–Crippen MR) is 94.1 cm³/mol. The standard InChI is InChI=1S/C18H26N2OS/c1-12(2)18-16(10-13-6-5-9-20(13)3)15-11-14(22(4)21)7-8-17(15)19-18/h7-8,11-13,19H,5-6,9-10H2,1-4H3/t13-,22?/m1/s1/i3D3. The number of hydrogen-bond donors (Lipinski definition) is 1. The number of nitrogens with one attached hydrogen (secondary N) is 1. The monoisotopic (exact) mass is 321 g/mol. The maximum atomic E-state index is 11.9. The number of aromatic nitrogens is 1. The Morgan fingerprint density at radius 1 is 1.50 bits per heavy atom. The van der Waals surface area contributed by atoms with Gasteiger partial charge in [-0.25, -0.2) is 0 Å². The van der Waals surface area contributed by atoms with Crippen molar-refractivity contribution in [2.75, 3.05) is 19.8 Å². The lowest BCUT2D eigenvalue weighted by Gasteiger charge is -2.20. The van der Waals surface area contributed by atoms with Gasteiger partial charge in [-0.1, -0.05) is 13.8 Å². The first-order chi connectivity index (χ1) is 11.7. The van der Waals surface area contributed by atoms with Gasteiger partial charge >= 0.3 is 0 Å². The lowest BCUT2D eigenvalue weighted by atomic mass is 9.96. The van der Waals surface area contributed by atoms with Crippen LogP contribution in [0.2, 0.25) is 0 Å². The van der Waals surface area contributed by atoms with Gasteiger partial charge in [0.1, 0.15) is 0 Å². The molecule has 1 aliphatic rings. The first-order valence-electron chi connectivity index (χ1n) is 9.43. The molecule has 0 radical (unpaired) electrons. The normalized spacial score (nSPS) is 23.6. The van der Waals surface area contributed by atoms with E-state index in [0.717, 1.165) is 34.3 Å². The highest BCUT2D eigenvalue weighted by Crippen LogP contribution is 2.32. The van der Waals surface area contributed by atoms with E-state index in [2.05, 4.69) is 18.8 Å². The summed E-state index contributed by atoms with van der Waals surface area (Å²) in [5, 5.41) is 1.08. The van der Waals surface area contributed by atoms with Crippen LogP contribution in [0.3, 0.4) is 0 Å². The number of hydrogen-bond acceptors (Lipinski definition) is 2. The third-order valence-corrected chi connectivity index (χ3v) is 5.55. The van der Waals surface area contributed by atoms with E-state index in [-0.39, 0.29) is 6.04 Å². The summed E-state index contributed by atoms with van der Waals surface area (Å²) in [5.74, 6) is 0.320. The average molecular weight is 322 g/mol. The molecule has 1 aromatic carbocycles. The molecule has 3 nitrogen and oxygen atoms in total. The molecule has 22 heavy (non-hydrogen) atoms. The van der Waals surface area contributed by atoms with Gasteiger partial charge in [0.2, 0.25) is 0 Å². The molecule has 2 aromatic rings. The van der Waals surface area contributed by atoms with Gasteiger partial charge in [-0.05, 0) is 62.5 Å². The summed E-state index contributed by atoms with van der Waals surface area (Å²) >= 11 is 0. The number of aromatic amines is 1. The molecule has 1 N–H and O–H groups in total. The van der Waals surface area contributed by atoms with Gasteiger partial charge in [0.15, 0.2) is 0 Å². The van der Waals surface area contributed by atoms with Crippen molar-refractivity contribution in [2.24, 2.45) is 0 Å². The van der Waals surface area contributed by atoms with Crippen LogP contribution in [0.25, 0.3) is 10.9 Å². The van der Waals surface area contributed by atoms with Gasteiger partial charge in [0.25, 0.3) is 0 Å². The van der Waals surface area contributed by atoms with Crippen LogP contribution in [0, 0.1) is 0 Å². The summed E-state index contributed by atoms with van der Waals surface area (Å²) in [4.78, 5) is 5.97. The number of fused-ring (bicyclic) bond motifs is 1. The Morgan fingerprint density at radius 3 is 3.00 bits per heavy atom. The molecule has 1 saturated heterocycles. The minimum Gasteiger partial charge on any atom is -0.358 e. The van der Waals surface area contributed by atoms with E-state index in [1.807, 2.05) is 18.2 Å². The van der Waals surface area contributed by atoms with Crippen molar-refractivity contribution in [1.29, 1.82) is 0 Å². The van der Waals surface area contributed by atoms with Crippen molar-refractivity contribution < 1.29 is 8.32 Å². The van der Waals surface area contributed by atoms with Crippen molar-refractivity contribution in [2.45, 2.75) is 50.0 Å². The molecule has 2 atom stereocenters. The van der Waals surface area contributed by atoms with Crippen LogP contribution in [0.15, 0.2) is 23.1 Å². The fourth-order valence-corrected chi connectivity index (χ4v) is 3.97. The topological polar surface area (TPSA) is 36.1 Å². The molecule has 0 amide bonds. The first-order valence-corrected chi connectivity index (χ1v) is 9.49. The highest BCUT2D eigenvalue weighted by Gasteiger charge is 2.24. The van der Waals surface area contributed by atoms with Crippen LogP contribution in [0.1, 0.15) is 48.0 Å². The summed E-state index contributed by atoms with van der Waals surface area (Å²) in [6, 6.07) is 5.91. The van der Waals surface area contributed by atoms with Gasteiger partial charge in [-0.15, -0.1) is 0 Å². The number of likely N-dealkylation sites (N-methyl/N-ethyl adjacent to an activating group) is 1. The molecule has 1 aliphatic heterocycles. The molecular formula is C18H26N2OS. The van der Waals surface area contributed by atoms with E-state index in [0.29, 0.717) is 18.9 Å². The fraction of sp³-hybridized carbons (Fsp3) is 0.556. The second-order valence-corrected chi connectivity index (χ2v) is 7.91. The summed E-state index contributed by atoms with van der Waals surface area (Å²) in [6.45, 7) is 2.87. The van der Waals surface area contributed by atoms with Gasteiger partial charge in [-0.3, -0.25) is 4.21 Å². The van der Waals surface area contributed by atoms with Gasteiger partial charge in [0.05, 0.1) is 0 Å². The zero-order chi connectivity index (χ0) is 18.4. The minimum atomic E-state index is -2.04. The average Bonchev–Trinajstić information content (AvgIpc) is 3.11. The van der Waals surface area contributed by atoms with Crippen LogP contribution >= 0.6 is 0 Å². The zero-order valence-electron chi connectivity index (χ0n) is 16.5. The Bertz CT molecular complexity index is 797. The SMILES string of the molecule is [2H]C([2H])([2H])N1CCC[C@@H]1Cc1c(C(C)C)[nH]c2ccc(S(C)=O)cc12. The lowest BCUT2D eigenvalue weighted by Crippen LogP contribution is -2.27. The summed E-state index contributed by atoms with van der Waals surface area (Å²) in [5.41, 5.74) is 3.37. The van der Waals surface area contributed by atoms with Crippen LogP contribution in [0.4, 0.5) is 0 Å². The predicted octanol–water partition coefficient (Wildman–Crippen LogP) is 3.67. The van der Waals surface area contributed by atoms with E-state index < -0.39 is 17.8 Å². The summed E-state index contributed by atoms with van der Waals surface area (Å²) < 4.78 is 35.3. The van der Waals surface area contributed by atoms with Crippen molar-refractivity contribution in [3.63, 3.8) is 0 Å². The number of H-pyrrole nitrogens is 1. The molecular weight excluding hydrogens is 292 g/mol. The van der Waals surface area contributed by atoms with Crippen molar-refractivity contribution >= 4 is 21.7 Å². The number of nitrogens with zero attached hydrogens (tertiary/aromatic N) is 1. The fourth-order valence-electron chi connectivity index (χ4n) is 3.42. The van der Waals surface area contributed by atoms with Gasteiger partial charge < -0.3 is 9.88 Å². The van der Waals surface area contributed by atoms with Crippen LogP contribution in [-0.4, -0.2) is 39.9 Å². The molecule has 0 aliphatic carbocycles. The van der Waals surface area contributed by atoms with Crippen LogP contribution < -0.4 is 0 Å². The smallest absolute Gasteiger partial charge is 0.0498 e. The molecule has 1 aromatic heterocycles. The lowest BCUT2D eigenvalue weighted by molar-refractivity contribution is 0.309. The summed E-state index contributed by atoms with van der Waals surface area (Å²) in [6.07, 6.45) is 4.23. The van der Waals surface area contributed by atoms with Crippen molar-refractivity contribution in [3.05, 3.63) is 29.5 Å². The Hall–Kier alpha value is -1.13. The second-order valence-electron chi connectivity index (χ2n) is 6.53. The zero-order valence-corrected chi connectivity index (χ0v) is 14.3. The molecule has 0 spiro atoms.